The zero-order valence-electron chi connectivity index (χ0n) is 11.6. The molecule has 0 radical (unpaired) electrons. The van der Waals surface area contributed by atoms with Crippen LogP contribution in [-0.4, -0.2) is 41.6 Å². The number of aliphatic hydroxyl groups excluding tert-OH is 1. The third kappa shape index (κ3) is 2.16. The van der Waals surface area contributed by atoms with E-state index in [4.69, 9.17) is 0 Å². The molecule has 0 bridgehead atoms. The van der Waals surface area contributed by atoms with Crippen LogP contribution in [0.3, 0.4) is 0 Å². The number of fused-ring (bicyclic) bond motifs is 1. The minimum atomic E-state index is -0.705. The van der Waals surface area contributed by atoms with Crippen LogP contribution in [0, 0.1) is 5.82 Å². The first kappa shape index (κ1) is 13.4. The van der Waals surface area contributed by atoms with Crippen molar-refractivity contribution in [1.29, 1.82) is 0 Å². The van der Waals surface area contributed by atoms with Gasteiger partial charge in [-0.2, -0.15) is 0 Å². The van der Waals surface area contributed by atoms with Gasteiger partial charge >= 0.3 is 0 Å². The lowest BCUT2D eigenvalue weighted by Gasteiger charge is -2.39. The first-order chi connectivity index (χ1) is 9.58. The quantitative estimate of drug-likeness (QED) is 0.895. The van der Waals surface area contributed by atoms with Gasteiger partial charge < -0.3 is 14.9 Å². The molecule has 1 unspecified atom stereocenters. The summed E-state index contributed by atoms with van der Waals surface area (Å²) in [6, 6.07) is 4.98. The Morgan fingerprint density at radius 3 is 2.95 bits per heavy atom. The van der Waals surface area contributed by atoms with Gasteiger partial charge in [-0.05, 0) is 19.4 Å². The highest BCUT2D eigenvalue weighted by Gasteiger charge is 2.36. The fourth-order valence-corrected chi connectivity index (χ4v) is 3.27. The van der Waals surface area contributed by atoms with Gasteiger partial charge in [0.05, 0.1) is 11.8 Å². The lowest BCUT2D eigenvalue weighted by Crippen LogP contribution is -2.52. The third-order valence-electron chi connectivity index (χ3n) is 4.28. The third-order valence-corrected chi connectivity index (χ3v) is 4.28. The Hall–Kier alpha value is -1.62. The molecule has 5 heteroatoms. The molecule has 2 atom stereocenters. The van der Waals surface area contributed by atoms with E-state index >= 15 is 0 Å². The van der Waals surface area contributed by atoms with E-state index in [9.17, 15) is 14.3 Å². The normalized spacial score (nSPS) is 23.9. The smallest absolute Gasteiger partial charge is 0.223 e. The largest absolute Gasteiger partial charge is 0.389 e. The molecule has 1 amide bonds. The topological polar surface area (TPSA) is 43.8 Å². The van der Waals surface area contributed by atoms with Gasteiger partial charge in [0.2, 0.25) is 5.91 Å². The highest BCUT2D eigenvalue weighted by atomic mass is 19.1. The number of piperazine rings is 1. The number of amides is 1. The summed E-state index contributed by atoms with van der Waals surface area (Å²) >= 11 is 0. The summed E-state index contributed by atoms with van der Waals surface area (Å²) in [5.41, 5.74) is 1.10. The number of carbonyl (C=O) groups excluding carboxylic acids is 1. The SMILES string of the molecule is C[C@H](O)c1cccc(F)c1N1CCN2C(=O)CCC2C1. The lowest BCUT2D eigenvalue weighted by atomic mass is 10.0. The van der Waals surface area contributed by atoms with Crippen molar-refractivity contribution < 1.29 is 14.3 Å². The molecule has 4 nitrogen and oxygen atoms in total. The van der Waals surface area contributed by atoms with E-state index in [-0.39, 0.29) is 17.8 Å². The van der Waals surface area contributed by atoms with Crippen LogP contribution in [-0.2, 0) is 4.79 Å². The second-order valence-corrected chi connectivity index (χ2v) is 5.58. The average Bonchev–Trinajstić information content (AvgIpc) is 2.79. The van der Waals surface area contributed by atoms with E-state index in [0.29, 0.717) is 37.3 Å². The molecule has 2 heterocycles. The molecule has 108 valence electrons. The molecule has 2 aliphatic rings. The van der Waals surface area contributed by atoms with Crippen LogP contribution in [0.25, 0.3) is 0 Å². The van der Waals surface area contributed by atoms with Crippen molar-refractivity contribution >= 4 is 11.6 Å². The minimum Gasteiger partial charge on any atom is -0.389 e. The van der Waals surface area contributed by atoms with Gasteiger partial charge in [-0.3, -0.25) is 4.79 Å². The number of carbonyl (C=O) groups is 1. The Labute approximate surface area is 117 Å². The van der Waals surface area contributed by atoms with Gasteiger partial charge in [0.25, 0.3) is 0 Å². The first-order valence-corrected chi connectivity index (χ1v) is 7.09. The number of nitrogens with zero attached hydrogens (tertiary/aromatic N) is 2. The van der Waals surface area contributed by atoms with E-state index in [1.54, 1.807) is 19.1 Å². The maximum atomic E-state index is 14.2. The van der Waals surface area contributed by atoms with E-state index < -0.39 is 6.10 Å². The Balaban J connectivity index is 1.89. The highest BCUT2D eigenvalue weighted by molar-refractivity contribution is 5.79. The van der Waals surface area contributed by atoms with Crippen molar-refractivity contribution in [2.75, 3.05) is 24.5 Å². The van der Waals surface area contributed by atoms with E-state index in [1.165, 1.54) is 6.07 Å². The Morgan fingerprint density at radius 2 is 2.20 bits per heavy atom. The van der Waals surface area contributed by atoms with Crippen LogP contribution in [0.4, 0.5) is 10.1 Å². The summed E-state index contributed by atoms with van der Waals surface area (Å²) in [5.74, 6) is -0.0971. The van der Waals surface area contributed by atoms with Gasteiger partial charge in [-0.15, -0.1) is 0 Å². The van der Waals surface area contributed by atoms with Crippen molar-refractivity contribution in [3.8, 4) is 0 Å². The second-order valence-electron chi connectivity index (χ2n) is 5.58. The van der Waals surface area contributed by atoms with Gasteiger partial charge in [0.15, 0.2) is 0 Å². The van der Waals surface area contributed by atoms with Crippen molar-refractivity contribution in [2.24, 2.45) is 0 Å². The average molecular weight is 278 g/mol. The van der Waals surface area contributed by atoms with Gasteiger partial charge in [-0.25, -0.2) is 4.39 Å². The summed E-state index contributed by atoms with van der Waals surface area (Å²) in [5, 5.41) is 9.83. The number of anilines is 1. The maximum absolute atomic E-state index is 14.2. The Kier molecular flexibility index (Phi) is 3.38. The van der Waals surface area contributed by atoms with Crippen LogP contribution in [0.15, 0.2) is 18.2 Å². The molecule has 1 N–H and O–H groups in total. The van der Waals surface area contributed by atoms with Crippen LogP contribution in [0.2, 0.25) is 0 Å². The number of halogens is 1. The van der Waals surface area contributed by atoms with Crippen LogP contribution < -0.4 is 4.90 Å². The maximum Gasteiger partial charge on any atom is 0.223 e. The number of para-hydroxylation sites is 1. The van der Waals surface area contributed by atoms with Crippen molar-refractivity contribution in [3.05, 3.63) is 29.6 Å². The molecule has 0 spiro atoms. The molecule has 2 fully saturated rings. The molecule has 0 saturated carbocycles. The number of hydrogen-bond donors (Lipinski definition) is 1. The summed E-state index contributed by atoms with van der Waals surface area (Å²) in [6.45, 7) is 3.54. The number of aliphatic hydroxyl groups is 1. The highest BCUT2D eigenvalue weighted by Crippen LogP contribution is 2.33. The molecule has 0 aliphatic carbocycles. The zero-order chi connectivity index (χ0) is 14.3. The molecule has 1 aromatic carbocycles. The van der Waals surface area contributed by atoms with Gasteiger partial charge in [-0.1, -0.05) is 12.1 Å². The standard InChI is InChI=1S/C15H19FN2O2/c1-10(19)12-3-2-4-13(16)15(12)17-7-8-18-11(9-17)5-6-14(18)20/h2-4,10-11,19H,5-9H2,1H3/t10-,11?/m0/s1. The van der Waals surface area contributed by atoms with Gasteiger partial charge in [0, 0.05) is 37.7 Å². The summed E-state index contributed by atoms with van der Waals surface area (Å²) in [6.07, 6.45) is 0.733. The molecule has 2 saturated heterocycles. The zero-order valence-corrected chi connectivity index (χ0v) is 11.6. The van der Waals surface area contributed by atoms with Crippen molar-refractivity contribution in [2.45, 2.75) is 31.9 Å². The fourth-order valence-electron chi connectivity index (χ4n) is 3.27. The van der Waals surface area contributed by atoms with Crippen LogP contribution >= 0.6 is 0 Å². The second kappa shape index (κ2) is 5.05. The minimum absolute atomic E-state index is 0.178. The van der Waals surface area contributed by atoms with Crippen molar-refractivity contribution in [1.82, 2.24) is 4.90 Å². The van der Waals surface area contributed by atoms with E-state index in [1.807, 2.05) is 9.80 Å². The Morgan fingerprint density at radius 1 is 1.40 bits per heavy atom. The Bertz CT molecular complexity index is 533. The summed E-state index contributed by atoms with van der Waals surface area (Å²) in [4.78, 5) is 15.6. The molecular weight excluding hydrogens is 259 g/mol. The van der Waals surface area contributed by atoms with Gasteiger partial charge in [0.1, 0.15) is 5.82 Å². The number of rotatable bonds is 2. The molecule has 0 aromatic heterocycles. The predicted molar refractivity (Wildman–Crippen MR) is 74.0 cm³/mol. The number of hydrogen-bond acceptors (Lipinski definition) is 3. The first-order valence-electron chi connectivity index (χ1n) is 7.09. The van der Waals surface area contributed by atoms with Crippen molar-refractivity contribution in [3.63, 3.8) is 0 Å². The summed E-state index contributed by atoms with van der Waals surface area (Å²) < 4.78 is 14.2. The summed E-state index contributed by atoms with van der Waals surface area (Å²) in [7, 11) is 0. The molecule has 3 rings (SSSR count). The molecular formula is C15H19FN2O2. The predicted octanol–water partition coefficient (Wildman–Crippen LogP) is 1.69. The van der Waals surface area contributed by atoms with E-state index in [2.05, 4.69) is 0 Å². The molecule has 1 aromatic rings. The van der Waals surface area contributed by atoms with E-state index in [0.717, 1.165) is 6.42 Å². The molecule has 2 aliphatic heterocycles. The fraction of sp³-hybridized carbons (Fsp3) is 0.533. The van der Waals surface area contributed by atoms with Crippen LogP contribution in [0.1, 0.15) is 31.4 Å². The molecule has 20 heavy (non-hydrogen) atoms. The lowest BCUT2D eigenvalue weighted by molar-refractivity contribution is -0.129. The van der Waals surface area contributed by atoms with Crippen LogP contribution in [0.5, 0.6) is 0 Å². The number of benzene rings is 1. The monoisotopic (exact) mass is 278 g/mol.